The molecule has 0 saturated carbocycles. The first-order valence-electron chi connectivity index (χ1n) is 1.10. The molecule has 11 heavy (non-hydrogen) atoms. The van der Waals surface area contributed by atoms with E-state index in [0.29, 0.717) is 0 Å². The minimum Gasteiger partial charge on any atom is -0.693 e. The maximum Gasteiger partial charge on any atom is 4.00 e. The molecule has 0 aliphatic carbocycles. The summed E-state index contributed by atoms with van der Waals surface area (Å²) in [6.07, 6.45) is 0. The smallest absolute Gasteiger partial charge is 0.693 e. The molecule has 64 valence electrons. The number of hydrogen-bond acceptors (Lipinski definition) is 6. The SMILES string of the molecule is O=[N+]([O-])[O-].O=[N+]([O-])[O-].[Ce+4].[NH2-].[NH2-]. The van der Waals surface area contributed by atoms with Crippen molar-refractivity contribution in [3.8, 4) is 0 Å². The van der Waals surface area contributed by atoms with E-state index in [1.165, 1.54) is 0 Å². The summed E-state index contributed by atoms with van der Waals surface area (Å²) >= 11 is 0. The van der Waals surface area contributed by atoms with Crippen LogP contribution < -0.4 is 0 Å². The van der Waals surface area contributed by atoms with E-state index in [2.05, 4.69) is 0 Å². The molecule has 0 atom stereocenters. The van der Waals surface area contributed by atoms with Crippen LogP contribution in [0.2, 0.25) is 0 Å². The molecule has 0 aromatic carbocycles. The Morgan fingerprint density at radius 1 is 0.727 bits per heavy atom. The van der Waals surface area contributed by atoms with Gasteiger partial charge in [-0.2, -0.15) is 0 Å². The summed E-state index contributed by atoms with van der Waals surface area (Å²) in [5.41, 5.74) is 0. The molecule has 0 bridgehead atoms. The van der Waals surface area contributed by atoms with Gasteiger partial charge in [-0.15, -0.1) is 0 Å². The molecule has 10 nitrogen and oxygen atoms in total. The van der Waals surface area contributed by atoms with Gasteiger partial charge in [-0.05, 0) is 0 Å². The number of rotatable bonds is 0. The largest absolute Gasteiger partial charge is 4.00 e. The van der Waals surface area contributed by atoms with E-state index in [1.807, 2.05) is 0 Å². The molecule has 0 aromatic rings. The van der Waals surface area contributed by atoms with Crippen molar-refractivity contribution in [1.29, 1.82) is 0 Å². The molecule has 0 saturated heterocycles. The fourth-order valence-corrected chi connectivity index (χ4v) is 0. The minimum absolute atomic E-state index is 0. The van der Waals surface area contributed by atoms with Crippen molar-refractivity contribution < 1.29 is 51.9 Å². The standard InChI is InChI=1S/Ce.2NO3.2H2N/c;2*2-1(3)4;;/h;;;2*1H2/q+4;4*-1. The predicted molar refractivity (Wildman–Crippen MR) is 31.3 cm³/mol. The third-order valence-corrected chi connectivity index (χ3v) is 0. The Kier molecular flexibility index (Phi) is 63.7. The summed E-state index contributed by atoms with van der Waals surface area (Å²) in [5.74, 6) is 0. The molecule has 0 aliphatic rings. The quantitative estimate of drug-likeness (QED) is 0.470. The molecule has 0 unspecified atom stereocenters. The van der Waals surface area contributed by atoms with Crippen LogP contribution in [0.5, 0.6) is 0 Å². The van der Waals surface area contributed by atoms with Crippen molar-refractivity contribution in [2.75, 3.05) is 0 Å². The molecule has 0 heterocycles. The zero-order chi connectivity index (χ0) is 7.15. The molecule has 0 rings (SSSR count). The van der Waals surface area contributed by atoms with E-state index in [9.17, 15) is 0 Å². The van der Waals surface area contributed by atoms with E-state index < -0.39 is 10.2 Å². The average molecular weight is 296 g/mol. The average Bonchev–Trinajstić information content (AvgIpc) is 1.25. The molecule has 0 aromatic heterocycles. The summed E-state index contributed by atoms with van der Waals surface area (Å²) in [4.78, 5) is 16.5. The van der Waals surface area contributed by atoms with Crippen LogP contribution in [0, 0.1) is 72.4 Å². The van der Waals surface area contributed by atoms with Crippen LogP contribution in [-0.4, -0.2) is 10.2 Å². The first-order chi connectivity index (χ1) is 3.46. The Hall–Kier alpha value is -0.303. The first kappa shape index (κ1) is 31.0. The molecule has 0 fully saturated rings. The molecule has 11 heteroatoms. The molecule has 0 spiro atoms. The maximum atomic E-state index is 8.25. The second kappa shape index (κ2) is 22.6. The van der Waals surface area contributed by atoms with Crippen LogP contribution >= 0.6 is 0 Å². The number of nitrogens with two attached hydrogens (primary N) is 2. The zero-order valence-electron chi connectivity index (χ0n) is 5.00. The van der Waals surface area contributed by atoms with Crippen LogP contribution in [0.3, 0.4) is 0 Å². The van der Waals surface area contributed by atoms with E-state index >= 15 is 0 Å². The van der Waals surface area contributed by atoms with Gasteiger partial charge in [-0.25, -0.2) is 0 Å². The van der Waals surface area contributed by atoms with Gasteiger partial charge in [0.05, 0.1) is 10.2 Å². The van der Waals surface area contributed by atoms with E-state index in [4.69, 9.17) is 30.6 Å². The van der Waals surface area contributed by atoms with Gasteiger partial charge in [0.1, 0.15) is 0 Å². The van der Waals surface area contributed by atoms with E-state index in [0.717, 1.165) is 0 Å². The monoisotopic (exact) mass is 296 g/mol. The van der Waals surface area contributed by atoms with Crippen LogP contribution in [0.4, 0.5) is 0 Å². The summed E-state index contributed by atoms with van der Waals surface area (Å²) in [6.45, 7) is 0. The van der Waals surface area contributed by atoms with Crippen LogP contribution in [0.15, 0.2) is 0 Å². The molecule has 0 radical (unpaired) electrons. The van der Waals surface area contributed by atoms with Gasteiger partial charge >= 0.3 is 41.7 Å². The summed E-state index contributed by atoms with van der Waals surface area (Å²) in [5, 5.41) is 29.5. The van der Waals surface area contributed by atoms with E-state index in [-0.39, 0.29) is 54.0 Å². The van der Waals surface area contributed by atoms with Gasteiger partial charge < -0.3 is 42.9 Å². The van der Waals surface area contributed by atoms with Gasteiger partial charge in [-0.1, -0.05) is 0 Å². The molecule has 0 amide bonds. The normalized spacial score (nSPS) is 4.36. The van der Waals surface area contributed by atoms with Gasteiger partial charge in [0.2, 0.25) is 0 Å². The van der Waals surface area contributed by atoms with Gasteiger partial charge in [0.25, 0.3) is 0 Å². The van der Waals surface area contributed by atoms with Gasteiger partial charge in [-0.3, -0.25) is 0 Å². The number of nitrogens with zero attached hydrogens (tertiary/aromatic N) is 2. The van der Waals surface area contributed by atoms with Crippen LogP contribution in [-0.2, 0) is 0 Å². The molecule has 4 N–H and O–H groups in total. The van der Waals surface area contributed by atoms with Crippen molar-refractivity contribution >= 4 is 0 Å². The number of hydrogen-bond donors (Lipinski definition) is 0. The predicted octanol–water partition coefficient (Wildman–Crippen LogP) is 0.956. The van der Waals surface area contributed by atoms with Crippen molar-refractivity contribution in [3.63, 3.8) is 0 Å². The Labute approximate surface area is 94.3 Å². The van der Waals surface area contributed by atoms with E-state index in [1.54, 1.807) is 0 Å². The topological polar surface area (TPSA) is 199 Å². The van der Waals surface area contributed by atoms with Crippen molar-refractivity contribution in [2.24, 2.45) is 0 Å². The fourth-order valence-electron chi connectivity index (χ4n) is 0. The third-order valence-electron chi connectivity index (χ3n) is 0. The Bertz CT molecular complexity index is 72.6. The van der Waals surface area contributed by atoms with Crippen molar-refractivity contribution in [2.45, 2.75) is 0 Å². The van der Waals surface area contributed by atoms with Crippen molar-refractivity contribution in [3.05, 3.63) is 42.9 Å². The summed E-state index contributed by atoms with van der Waals surface area (Å²) in [7, 11) is 0. The molecular formula is H4CeN4O6. The molecule has 0 aliphatic heterocycles. The minimum atomic E-state index is -1.75. The Balaban J connectivity index is -0.0000000171. The second-order valence-electron chi connectivity index (χ2n) is 0.447. The van der Waals surface area contributed by atoms with Crippen LogP contribution in [0.25, 0.3) is 12.3 Å². The van der Waals surface area contributed by atoms with Crippen molar-refractivity contribution in [1.82, 2.24) is 0 Å². The van der Waals surface area contributed by atoms with Gasteiger partial charge in [0, 0.05) is 0 Å². The van der Waals surface area contributed by atoms with Crippen LogP contribution in [0.1, 0.15) is 0 Å². The Morgan fingerprint density at radius 2 is 0.727 bits per heavy atom. The molecular weight excluding hydrogens is 292 g/mol. The summed E-state index contributed by atoms with van der Waals surface area (Å²) < 4.78 is 0. The maximum absolute atomic E-state index is 8.25. The third kappa shape index (κ3) is 6240. The summed E-state index contributed by atoms with van der Waals surface area (Å²) in [6, 6.07) is 0. The first-order valence-corrected chi connectivity index (χ1v) is 1.10. The Morgan fingerprint density at radius 3 is 0.727 bits per heavy atom. The van der Waals surface area contributed by atoms with Gasteiger partial charge in [0.15, 0.2) is 0 Å². The zero-order valence-corrected chi connectivity index (χ0v) is 8.14. The fraction of sp³-hybridized carbons (Fsp3) is 0. The second-order valence-corrected chi connectivity index (χ2v) is 0.447.